The summed E-state index contributed by atoms with van der Waals surface area (Å²) in [4.78, 5) is 47.5. The maximum absolute atomic E-state index is 13.6. The predicted octanol–water partition coefficient (Wildman–Crippen LogP) is 6.08. The minimum atomic E-state index is -0.588. The monoisotopic (exact) mass is 614 g/mol. The molecule has 3 amide bonds. The van der Waals surface area contributed by atoms with Gasteiger partial charge in [0, 0.05) is 50.2 Å². The second-order valence-corrected chi connectivity index (χ2v) is 14.0. The van der Waals surface area contributed by atoms with Crippen LogP contribution in [0.2, 0.25) is 0 Å². The van der Waals surface area contributed by atoms with Gasteiger partial charge in [0.15, 0.2) is 5.82 Å². The van der Waals surface area contributed by atoms with Crippen molar-refractivity contribution in [2.45, 2.75) is 78.2 Å². The Labute approximate surface area is 263 Å². The van der Waals surface area contributed by atoms with Gasteiger partial charge in [0.2, 0.25) is 0 Å². The van der Waals surface area contributed by atoms with Crippen LogP contribution in [0.25, 0.3) is 33.5 Å². The van der Waals surface area contributed by atoms with Crippen LogP contribution in [0.15, 0.2) is 42.5 Å². The molecule has 1 atom stereocenters. The highest BCUT2D eigenvalue weighted by Crippen LogP contribution is 2.38. The van der Waals surface area contributed by atoms with Crippen molar-refractivity contribution in [3.8, 4) is 11.5 Å². The van der Waals surface area contributed by atoms with E-state index in [0.29, 0.717) is 31.7 Å². The highest BCUT2D eigenvalue weighted by Gasteiger charge is 2.31. The van der Waals surface area contributed by atoms with Crippen LogP contribution in [-0.2, 0) is 23.1 Å². The first-order valence-electron chi connectivity index (χ1n) is 15.6. The van der Waals surface area contributed by atoms with E-state index in [9.17, 15) is 14.4 Å². The highest BCUT2D eigenvalue weighted by atomic mass is 16.6. The van der Waals surface area contributed by atoms with Crippen LogP contribution in [-0.4, -0.2) is 74.0 Å². The Balaban J connectivity index is 1.27. The van der Waals surface area contributed by atoms with Crippen LogP contribution in [0.1, 0.15) is 64.7 Å². The van der Waals surface area contributed by atoms with E-state index in [1.807, 2.05) is 89.6 Å². The van der Waals surface area contributed by atoms with Gasteiger partial charge in [0.1, 0.15) is 11.2 Å². The SMILES string of the molecule is Cn1c(-c2cc3cccc4c3n2CCN4C(=O)OC(C)(C)C)nc2cc(C(=O)N3CCC[C@@H](NC(=O)OC(C)(C)C)C3)ccc21. The zero-order valence-electron chi connectivity index (χ0n) is 27.1. The molecule has 4 aromatic rings. The number of piperidine rings is 1. The minimum Gasteiger partial charge on any atom is -0.444 e. The van der Waals surface area contributed by atoms with Gasteiger partial charge >= 0.3 is 12.2 Å². The Morgan fingerprint density at radius 1 is 0.933 bits per heavy atom. The van der Waals surface area contributed by atoms with Crippen molar-refractivity contribution in [2.24, 2.45) is 7.05 Å². The molecule has 2 aromatic carbocycles. The van der Waals surface area contributed by atoms with Gasteiger partial charge < -0.3 is 28.8 Å². The maximum atomic E-state index is 13.6. The number of aromatic nitrogens is 3. The number of ether oxygens (including phenoxy) is 2. The van der Waals surface area contributed by atoms with Crippen molar-refractivity contribution in [3.63, 3.8) is 0 Å². The number of hydrogen-bond donors (Lipinski definition) is 1. The summed E-state index contributed by atoms with van der Waals surface area (Å²) in [6.07, 6.45) is 0.757. The van der Waals surface area contributed by atoms with Gasteiger partial charge in [-0.15, -0.1) is 0 Å². The summed E-state index contributed by atoms with van der Waals surface area (Å²) in [6, 6.07) is 13.5. The maximum Gasteiger partial charge on any atom is 0.414 e. The van der Waals surface area contributed by atoms with E-state index in [0.717, 1.165) is 52.0 Å². The Morgan fingerprint density at radius 2 is 1.69 bits per heavy atom. The number of likely N-dealkylation sites (tertiary alicyclic amines) is 1. The third-order valence-corrected chi connectivity index (χ3v) is 8.14. The molecule has 1 fully saturated rings. The van der Waals surface area contributed by atoms with Crippen molar-refractivity contribution in [1.29, 1.82) is 0 Å². The lowest BCUT2D eigenvalue weighted by Crippen LogP contribution is -2.50. The number of imidazole rings is 1. The molecule has 2 aliphatic rings. The number of anilines is 1. The molecule has 11 nitrogen and oxygen atoms in total. The standard InChI is InChI=1S/C34H42N6O5/c1-33(2,3)44-31(42)35-23-11-9-15-38(20-23)30(41)22-13-14-25-24(18-22)36-29(37(25)7)27-19-21-10-8-12-26-28(21)39(27)16-17-40(26)32(43)45-34(4,5)6/h8,10,12-14,18-19,23H,9,11,15-17,20H2,1-7H3,(H,35,42)/t23-/m1/s1. The number of rotatable bonds is 3. The topological polar surface area (TPSA) is 111 Å². The number of carbonyl (C=O) groups excluding carboxylic acids is 3. The number of alkyl carbamates (subject to hydrolysis) is 1. The van der Waals surface area contributed by atoms with Crippen LogP contribution in [0.3, 0.4) is 0 Å². The molecule has 0 unspecified atom stereocenters. The summed E-state index contributed by atoms with van der Waals surface area (Å²) in [5.74, 6) is 0.692. The number of amides is 3. The van der Waals surface area contributed by atoms with Gasteiger partial charge in [0.25, 0.3) is 5.91 Å². The Morgan fingerprint density at radius 3 is 2.42 bits per heavy atom. The molecular weight excluding hydrogens is 572 g/mol. The summed E-state index contributed by atoms with van der Waals surface area (Å²) in [6.45, 7) is 13.2. The van der Waals surface area contributed by atoms with E-state index >= 15 is 0 Å². The van der Waals surface area contributed by atoms with Crippen LogP contribution in [0, 0.1) is 0 Å². The quantitative estimate of drug-likeness (QED) is 0.300. The zero-order valence-corrected chi connectivity index (χ0v) is 27.1. The van der Waals surface area contributed by atoms with Crippen molar-refractivity contribution < 1.29 is 23.9 Å². The fraction of sp³-hybridized carbons (Fsp3) is 0.471. The first kappa shape index (κ1) is 30.5. The average molecular weight is 615 g/mol. The minimum absolute atomic E-state index is 0.0878. The molecule has 0 saturated carbocycles. The van der Waals surface area contributed by atoms with Crippen molar-refractivity contribution in [1.82, 2.24) is 24.3 Å². The van der Waals surface area contributed by atoms with Gasteiger partial charge in [-0.05, 0) is 84.7 Å². The van der Waals surface area contributed by atoms with E-state index < -0.39 is 17.3 Å². The Hall–Kier alpha value is -4.54. The van der Waals surface area contributed by atoms with E-state index in [2.05, 4.69) is 16.0 Å². The van der Waals surface area contributed by atoms with Crippen molar-refractivity contribution in [3.05, 3.63) is 48.0 Å². The van der Waals surface area contributed by atoms with Gasteiger partial charge in [-0.3, -0.25) is 9.69 Å². The summed E-state index contributed by atoms with van der Waals surface area (Å²) < 4.78 is 15.4. The van der Waals surface area contributed by atoms with Crippen LogP contribution in [0.5, 0.6) is 0 Å². The molecule has 0 spiro atoms. The smallest absolute Gasteiger partial charge is 0.414 e. The predicted molar refractivity (Wildman–Crippen MR) is 174 cm³/mol. The van der Waals surface area contributed by atoms with Crippen LogP contribution >= 0.6 is 0 Å². The van der Waals surface area contributed by atoms with Gasteiger partial charge in [-0.2, -0.15) is 0 Å². The summed E-state index contributed by atoms with van der Waals surface area (Å²) in [7, 11) is 1.98. The van der Waals surface area contributed by atoms with E-state index in [-0.39, 0.29) is 18.0 Å². The second kappa shape index (κ2) is 11.1. The van der Waals surface area contributed by atoms with Crippen LogP contribution in [0.4, 0.5) is 15.3 Å². The Bertz CT molecular complexity index is 1810. The number of nitrogens with one attached hydrogen (secondary N) is 1. The summed E-state index contributed by atoms with van der Waals surface area (Å²) >= 11 is 0. The molecule has 4 heterocycles. The number of aryl methyl sites for hydroxylation is 1. The van der Waals surface area contributed by atoms with Crippen molar-refractivity contribution in [2.75, 3.05) is 24.5 Å². The molecule has 2 aliphatic heterocycles. The number of para-hydroxylation sites is 1. The molecule has 238 valence electrons. The van der Waals surface area contributed by atoms with Gasteiger partial charge in [-0.25, -0.2) is 14.6 Å². The number of hydrogen-bond acceptors (Lipinski definition) is 6. The van der Waals surface area contributed by atoms with Crippen molar-refractivity contribution >= 4 is 45.7 Å². The number of nitrogens with zero attached hydrogens (tertiary/aromatic N) is 5. The molecule has 2 aromatic heterocycles. The first-order chi connectivity index (χ1) is 21.2. The fourth-order valence-corrected chi connectivity index (χ4v) is 6.27. The normalized spacial score (nSPS) is 17.1. The van der Waals surface area contributed by atoms with E-state index in [1.165, 1.54) is 0 Å². The second-order valence-electron chi connectivity index (χ2n) is 14.0. The van der Waals surface area contributed by atoms with E-state index in [4.69, 9.17) is 14.5 Å². The lowest BCUT2D eigenvalue weighted by Gasteiger charge is -2.33. The molecular formula is C34H42N6O5. The summed E-state index contributed by atoms with van der Waals surface area (Å²) in [5, 5.41) is 3.93. The number of fused-ring (bicyclic) bond motifs is 1. The Kier molecular flexibility index (Phi) is 7.53. The molecule has 0 bridgehead atoms. The number of carbonyl (C=O) groups is 3. The number of benzene rings is 2. The zero-order chi connectivity index (χ0) is 32.3. The van der Waals surface area contributed by atoms with Gasteiger partial charge in [-0.1, -0.05) is 12.1 Å². The molecule has 0 aliphatic carbocycles. The highest BCUT2D eigenvalue weighted by molar-refractivity contribution is 6.03. The van der Waals surface area contributed by atoms with Crippen LogP contribution < -0.4 is 10.2 Å². The summed E-state index contributed by atoms with van der Waals surface area (Å²) in [5.41, 5.74) is 3.74. The van der Waals surface area contributed by atoms with E-state index in [1.54, 1.807) is 9.80 Å². The third kappa shape index (κ3) is 6.08. The average Bonchev–Trinajstić information content (AvgIpc) is 3.49. The molecule has 1 saturated heterocycles. The molecule has 11 heteroatoms. The largest absolute Gasteiger partial charge is 0.444 e. The first-order valence-corrected chi connectivity index (χ1v) is 15.6. The van der Waals surface area contributed by atoms with Gasteiger partial charge in [0.05, 0.1) is 27.9 Å². The third-order valence-electron chi connectivity index (χ3n) is 8.14. The fourth-order valence-electron chi connectivity index (χ4n) is 6.27. The lowest BCUT2D eigenvalue weighted by molar-refractivity contribution is 0.0451. The lowest BCUT2D eigenvalue weighted by atomic mass is 10.0. The molecule has 0 radical (unpaired) electrons. The molecule has 6 rings (SSSR count). The molecule has 45 heavy (non-hydrogen) atoms. The molecule has 1 N–H and O–H groups in total.